The van der Waals surface area contributed by atoms with E-state index in [1.807, 2.05) is 10.7 Å². The van der Waals surface area contributed by atoms with Gasteiger partial charge in [-0.3, -0.25) is 0 Å². The number of piperidine rings is 1. The van der Waals surface area contributed by atoms with Crippen LogP contribution in [0.15, 0.2) is 47.8 Å². The van der Waals surface area contributed by atoms with Gasteiger partial charge in [-0.05, 0) is 33.9 Å². The van der Waals surface area contributed by atoms with E-state index in [2.05, 4.69) is 57.3 Å². The van der Waals surface area contributed by atoms with Crippen molar-refractivity contribution >= 4 is 11.3 Å². The van der Waals surface area contributed by atoms with Crippen LogP contribution in [-0.2, 0) is 13.0 Å². The van der Waals surface area contributed by atoms with E-state index >= 15 is 0 Å². The first kappa shape index (κ1) is 17.3. The third-order valence-corrected chi connectivity index (χ3v) is 6.04. The quantitative estimate of drug-likeness (QED) is 0.682. The predicted molar refractivity (Wildman–Crippen MR) is 100 cm³/mol. The number of quaternary nitrogens is 1. The zero-order valence-corrected chi connectivity index (χ0v) is 15.5. The van der Waals surface area contributed by atoms with Crippen LogP contribution in [0.2, 0.25) is 0 Å². The van der Waals surface area contributed by atoms with Gasteiger partial charge in [-0.1, -0.05) is 36.4 Å². The summed E-state index contributed by atoms with van der Waals surface area (Å²) >= 11 is 1.75. The van der Waals surface area contributed by atoms with Crippen LogP contribution < -0.4 is 4.90 Å². The molecule has 1 saturated heterocycles. The molecule has 7 heteroatoms. The van der Waals surface area contributed by atoms with E-state index in [9.17, 15) is 5.11 Å². The summed E-state index contributed by atoms with van der Waals surface area (Å²) in [5.74, 6) is 0.926. The molecule has 0 radical (unpaired) electrons. The maximum atomic E-state index is 9.88. The lowest BCUT2D eigenvalue weighted by Gasteiger charge is -2.32. The summed E-state index contributed by atoms with van der Waals surface area (Å²) in [5.41, 5.74) is 1.29. The second kappa shape index (κ2) is 8.07. The number of aliphatic hydroxyl groups excluding tert-OH is 1. The Balaban J connectivity index is 1.57. The summed E-state index contributed by atoms with van der Waals surface area (Å²) in [5, 5.41) is 24.6. The Morgan fingerprint density at radius 3 is 2.69 bits per heavy atom. The van der Waals surface area contributed by atoms with Gasteiger partial charge < -0.3 is 10.0 Å². The molecule has 0 aliphatic carbocycles. The second-order valence-electron chi connectivity index (χ2n) is 6.83. The van der Waals surface area contributed by atoms with Crippen molar-refractivity contribution in [2.24, 2.45) is 0 Å². The number of aromatic nitrogens is 4. The van der Waals surface area contributed by atoms with Crippen LogP contribution in [0.3, 0.4) is 0 Å². The van der Waals surface area contributed by atoms with Gasteiger partial charge in [-0.2, -0.15) is 0 Å². The highest BCUT2D eigenvalue weighted by atomic mass is 32.1. The van der Waals surface area contributed by atoms with Crippen molar-refractivity contribution in [2.75, 3.05) is 13.1 Å². The topological polar surface area (TPSA) is 68.3 Å². The molecule has 2 N–H and O–H groups in total. The molecule has 1 aliphatic rings. The number of nitrogens with zero attached hydrogens (tertiary/aromatic N) is 4. The standard InChI is InChI=1S/C19H23N5OS/c25-16-9-11-23(12-10-16)18(17-7-4-14-26-17)19-20-21-22-24(19)13-8-15-5-2-1-3-6-15/h1-7,14,16,18,25H,8-13H2/p+1/t18-/m0/s1. The first-order valence-corrected chi connectivity index (χ1v) is 10.1. The fraction of sp³-hybridized carbons (Fsp3) is 0.421. The molecule has 1 aromatic carbocycles. The summed E-state index contributed by atoms with van der Waals surface area (Å²) in [7, 11) is 0. The van der Waals surface area contributed by atoms with Crippen LogP contribution in [0.4, 0.5) is 0 Å². The minimum absolute atomic E-state index is 0.133. The lowest BCUT2D eigenvalue weighted by Crippen LogP contribution is -3.13. The lowest BCUT2D eigenvalue weighted by molar-refractivity contribution is -0.931. The predicted octanol–water partition coefficient (Wildman–Crippen LogP) is 1.11. The first-order chi connectivity index (χ1) is 12.8. The summed E-state index contributed by atoms with van der Waals surface area (Å²) in [6.07, 6.45) is 2.41. The Hall–Kier alpha value is -2.09. The Morgan fingerprint density at radius 1 is 1.15 bits per heavy atom. The molecule has 0 bridgehead atoms. The van der Waals surface area contributed by atoms with Gasteiger partial charge in [-0.15, -0.1) is 16.4 Å². The van der Waals surface area contributed by atoms with Crippen molar-refractivity contribution in [1.82, 2.24) is 20.2 Å². The van der Waals surface area contributed by atoms with Crippen LogP contribution >= 0.6 is 11.3 Å². The highest BCUT2D eigenvalue weighted by Crippen LogP contribution is 2.23. The van der Waals surface area contributed by atoms with Gasteiger partial charge in [0.2, 0.25) is 5.82 Å². The number of tetrazole rings is 1. The highest BCUT2D eigenvalue weighted by molar-refractivity contribution is 7.10. The molecule has 3 aromatic rings. The number of nitrogens with one attached hydrogen (secondary N) is 1. The number of likely N-dealkylation sites (tertiary alicyclic amines) is 1. The Bertz CT molecular complexity index is 796. The zero-order chi connectivity index (χ0) is 17.8. The van der Waals surface area contributed by atoms with Crippen molar-refractivity contribution < 1.29 is 10.0 Å². The van der Waals surface area contributed by atoms with Crippen molar-refractivity contribution in [3.8, 4) is 0 Å². The zero-order valence-electron chi connectivity index (χ0n) is 14.7. The molecule has 1 fully saturated rings. The van der Waals surface area contributed by atoms with Crippen LogP contribution in [-0.4, -0.2) is 44.5 Å². The van der Waals surface area contributed by atoms with E-state index in [0.29, 0.717) is 0 Å². The largest absolute Gasteiger partial charge is 0.393 e. The third kappa shape index (κ3) is 3.85. The molecule has 136 valence electrons. The van der Waals surface area contributed by atoms with Gasteiger partial charge in [0, 0.05) is 19.4 Å². The van der Waals surface area contributed by atoms with Crippen molar-refractivity contribution in [1.29, 1.82) is 0 Å². The van der Waals surface area contributed by atoms with E-state index in [4.69, 9.17) is 0 Å². The maximum Gasteiger partial charge on any atom is 0.215 e. The summed E-state index contributed by atoms with van der Waals surface area (Å²) in [4.78, 5) is 2.72. The minimum atomic E-state index is -0.170. The Morgan fingerprint density at radius 2 is 1.96 bits per heavy atom. The number of thiophene rings is 1. The van der Waals surface area contributed by atoms with Gasteiger partial charge in [-0.25, -0.2) is 4.68 Å². The maximum absolute atomic E-state index is 9.88. The summed E-state index contributed by atoms with van der Waals surface area (Å²) in [6.45, 7) is 2.65. The van der Waals surface area contributed by atoms with E-state index in [0.717, 1.165) is 44.7 Å². The van der Waals surface area contributed by atoms with Crippen molar-refractivity contribution in [3.63, 3.8) is 0 Å². The lowest BCUT2D eigenvalue weighted by atomic mass is 10.0. The van der Waals surface area contributed by atoms with Gasteiger partial charge in [0.1, 0.15) is 0 Å². The molecule has 3 heterocycles. The molecule has 1 atom stereocenters. The summed E-state index contributed by atoms with van der Waals surface area (Å²) in [6, 6.07) is 14.8. The fourth-order valence-corrected chi connectivity index (χ4v) is 4.57. The van der Waals surface area contributed by atoms with Crippen LogP contribution in [0.25, 0.3) is 0 Å². The molecule has 4 rings (SSSR count). The first-order valence-electron chi connectivity index (χ1n) is 9.17. The van der Waals surface area contributed by atoms with Crippen LogP contribution in [0, 0.1) is 0 Å². The minimum Gasteiger partial charge on any atom is -0.393 e. The molecule has 1 aliphatic heterocycles. The molecule has 0 amide bonds. The molecule has 2 aromatic heterocycles. The number of benzene rings is 1. The Kier molecular flexibility index (Phi) is 5.38. The Labute approximate surface area is 157 Å². The van der Waals surface area contributed by atoms with E-state index in [-0.39, 0.29) is 12.1 Å². The monoisotopic (exact) mass is 370 g/mol. The number of hydrogen-bond donors (Lipinski definition) is 2. The van der Waals surface area contributed by atoms with Crippen LogP contribution in [0.1, 0.15) is 35.1 Å². The van der Waals surface area contributed by atoms with Crippen molar-refractivity contribution in [2.45, 2.75) is 38.0 Å². The SMILES string of the molecule is OC1CC[NH+]([C@@H](c2cccs2)c2nnnn2CCc2ccccc2)CC1. The molecule has 0 saturated carbocycles. The van der Waals surface area contributed by atoms with Gasteiger partial charge in [0.15, 0.2) is 6.04 Å². The van der Waals surface area contributed by atoms with Gasteiger partial charge in [0.05, 0.1) is 24.1 Å². The average molecular weight is 371 g/mol. The molecule has 0 unspecified atom stereocenters. The number of rotatable bonds is 6. The average Bonchev–Trinajstić information content (AvgIpc) is 3.36. The van der Waals surface area contributed by atoms with Gasteiger partial charge in [0.25, 0.3) is 0 Å². The van der Waals surface area contributed by atoms with E-state index in [1.54, 1.807) is 11.3 Å². The highest BCUT2D eigenvalue weighted by Gasteiger charge is 2.34. The number of hydrogen-bond acceptors (Lipinski definition) is 5. The summed E-state index contributed by atoms with van der Waals surface area (Å²) < 4.78 is 1.95. The molecule has 0 spiro atoms. The number of aryl methyl sites for hydroxylation is 2. The molecule has 26 heavy (non-hydrogen) atoms. The smallest absolute Gasteiger partial charge is 0.215 e. The molecular weight excluding hydrogens is 346 g/mol. The van der Waals surface area contributed by atoms with E-state index < -0.39 is 0 Å². The van der Waals surface area contributed by atoms with Crippen LogP contribution in [0.5, 0.6) is 0 Å². The molecule has 6 nitrogen and oxygen atoms in total. The van der Waals surface area contributed by atoms with Gasteiger partial charge >= 0.3 is 0 Å². The molecular formula is C19H24N5OS+. The normalized spacial score (nSPS) is 21.6. The fourth-order valence-electron chi connectivity index (χ4n) is 3.69. The second-order valence-corrected chi connectivity index (χ2v) is 7.81. The van der Waals surface area contributed by atoms with Crippen molar-refractivity contribution in [3.05, 3.63) is 64.1 Å². The van der Waals surface area contributed by atoms with E-state index in [1.165, 1.54) is 15.3 Å². The third-order valence-electron chi connectivity index (χ3n) is 5.11. The number of aliphatic hydroxyl groups is 1.